The fourth-order valence-electron chi connectivity index (χ4n) is 2.37. The third-order valence-corrected chi connectivity index (χ3v) is 3.91. The van der Waals surface area contributed by atoms with Gasteiger partial charge in [-0.1, -0.05) is 18.2 Å². The number of hydrogen-bond acceptors (Lipinski definition) is 5. The second-order valence-corrected chi connectivity index (χ2v) is 5.33. The number of carboxylic acids is 1. The van der Waals surface area contributed by atoms with Crippen molar-refractivity contribution >= 4 is 5.97 Å². The molecule has 1 saturated carbocycles. The summed E-state index contributed by atoms with van der Waals surface area (Å²) >= 11 is 0. The van der Waals surface area contributed by atoms with Crippen molar-refractivity contribution in [3.63, 3.8) is 0 Å². The highest BCUT2D eigenvalue weighted by Gasteiger charge is 2.51. The molecule has 0 saturated heterocycles. The number of aromatic nitrogens is 4. The third kappa shape index (κ3) is 2.58. The third-order valence-electron chi connectivity index (χ3n) is 3.91. The van der Waals surface area contributed by atoms with E-state index >= 15 is 0 Å². The Morgan fingerprint density at radius 2 is 2.19 bits per heavy atom. The molecule has 2 aromatic rings. The molecule has 1 aliphatic carbocycles. The molecule has 0 aliphatic heterocycles. The molecule has 21 heavy (non-hydrogen) atoms. The van der Waals surface area contributed by atoms with E-state index in [4.69, 9.17) is 4.74 Å². The van der Waals surface area contributed by atoms with Crippen molar-refractivity contribution in [2.24, 2.45) is 5.41 Å². The van der Waals surface area contributed by atoms with Gasteiger partial charge in [-0.2, -0.15) is 0 Å². The normalized spacial score (nSPS) is 15.7. The van der Waals surface area contributed by atoms with Gasteiger partial charge < -0.3 is 9.84 Å². The maximum atomic E-state index is 11.3. The van der Waals surface area contributed by atoms with Crippen molar-refractivity contribution in [1.82, 2.24) is 20.2 Å². The van der Waals surface area contributed by atoms with E-state index in [-0.39, 0.29) is 0 Å². The predicted molar refractivity (Wildman–Crippen MR) is 72.9 cm³/mol. The number of methoxy groups -OCH3 is 1. The zero-order valence-corrected chi connectivity index (χ0v) is 11.7. The molecule has 110 valence electrons. The van der Waals surface area contributed by atoms with Gasteiger partial charge in [0, 0.05) is 12.0 Å². The molecule has 7 heteroatoms. The molecule has 0 spiro atoms. The predicted octanol–water partition coefficient (Wildman–Crippen LogP) is 1.14. The van der Waals surface area contributed by atoms with E-state index in [9.17, 15) is 9.90 Å². The van der Waals surface area contributed by atoms with Gasteiger partial charge in [0.1, 0.15) is 5.75 Å². The lowest BCUT2D eigenvalue weighted by Gasteiger charge is -2.11. The van der Waals surface area contributed by atoms with E-state index in [0.29, 0.717) is 31.6 Å². The van der Waals surface area contributed by atoms with Gasteiger partial charge in [-0.15, -0.1) is 5.10 Å². The lowest BCUT2D eigenvalue weighted by Crippen LogP contribution is -2.23. The summed E-state index contributed by atoms with van der Waals surface area (Å²) in [6.45, 7) is 0.319. The number of aliphatic carboxylic acids is 1. The van der Waals surface area contributed by atoms with Gasteiger partial charge in [0.2, 0.25) is 0 Å². The Morgan fingerprint density at radius 1 is 1.43 bits per heavy atom. The van der Waals surface area contributed by atoms with Gasteiger partial charge in [-0.05, 0) is 29.3 Å². The molecule has 1 aliphatic rings. The van der Waals surface area contributed by atoms with Crippen LogP contribution in [0.4, 0.5) is 0 Å². The minimum atomic E-state index is -0.777. The van der Waals surface area contributed by atoms with Gasteiger partial charge >= 0.3 is 5.97 Å². The lowest BCUT2D eigenvalue weighted by atomic mass is 10.1. The number of tetrazole rings is 1. The molecule has 0 radical (unpaired) electrons. The zero-order chi connectivity index (χ0) is 14.9. The maximum Gasteiger partial charge on any atom is 0.311 e. The van der Waals surface area contributed by atoms with Crippen LogP contribution < -0.4 is 4.74 Å². The van der Waals surface area contributed by atoms with Crippen molar-refractivity contribution in [2.45, 2.75) is 25.8 Å². The Bertz CT molecular complexity index is 664. The summed E-state index contributed by atoms with van der Waals surface area (Å²) in [5, 5.41) is 20.9. The van der Waals surface area contributed by atoms with Crippen LogP contribution >= 0.6 is 0 Å². The lowest BCUT2D eigenvalue weighted by molar-refractivity contribution is -0.144. The van der Waals surface area contributed by atoms with E-state index in [0.717, 1.165) is 11.3 Å². The number of ether oxygens (including phenoxy) is 1. The van der Waals surface area contributed by atoms with E-state index < -0.39 is 11.4 Å². The summed E-state index contributed by atoms with van der Waals surface area (Å²) in [5.41, 5.74) is 0.279. The van der Waals surface area contributed by atoms with E-state index in [1.54, 1.807) is 11.8 Å². The summed E-state index contributed by atoms with van der Waals surface area (Å²) in [6, 6.07) is 7.64. The number of rotatable bonds is 6. The second kappa shape index (κ2) is 5.16. The van der Waals surface area contributed by atoms with Crippen LogP contribution in [-0.2, 0) is 17.8 Å². The van der Waals surface area contributed by atoms with Crippen molar-refractivity contribution in [3.8, 4) is 5.75 Å². The van der Waals surface area contributed by atoms with Crippen molar-refractivity contribution in [2.75, 3.05) is 7.11 Å². The Labute approximate surface area is 121 Å². The fourth-order valence-corrected chi connectivity index (χ4v) is 2.37. The van der Waals surface area contributed by atoms with Gasteiger partial charge in [0.25, 0.3) is 0 Å². The smallest absolute Gasteiger partial charge is 0.311 e. The molecule has 1 heterocycles. The number of carboxylic acid groups (broad SMARTS) is 1. The molecule has 1 aromatic heterocycles. The number of para-hydroxylation sites is 1. The molecule has 3 rings (SSSR count). The van der Waals surface area contributed by atoms with Crippen LogP contribution in [0.1, 0.15) is 24.2 Å². The van der Waals surface area contributed by atoms with Crippen molar-refractivity contribution < 1.29 is 14.6 Å². The zero-order valence-electron chi connectivity index (χ0n) is 11.7. The standard InChI is InChI=1S/C14H16N4O3/c1-21-11-5-3-2-4-10(11)8-12-15-16-17-18(12)9-14(6-7-14)13(19)20/h2-5H,6-9H2,1H3,(H,19,20). The first-order chi connectivity index (χ1) is 10.1. The van der Waals surface area contributed by atoms with Crippen LogP contribution in [0.2, 0.25) is 0 Å². The largest absolute Gasteiger partial charge is 0.496 e. The molecule has 0 amide bonds. The Morgan fingerprint density at radius 3 is 2.86 bits per heavy atom. The van der Waals surface area contributed by atoms with Crippen LogP contribution in [0, 0.1) is 5.41 Å². The van der Waals surface area contributed by atoms with Crippen molar-refractivity contribution in [3.05, 3.63) is 35.7 Å². The number of carbonyl (C=O) groups is 1. The van der Waals surface area contributed by atoms with Crippen molar-refractivity contribution in [1.29, 1.82) is 0 Å². The average Bonchev–Trinajstić information content (AvgIpc) is 3.15. The molecular formula is C14H16N4O3. The van der Waals surface area contributed by atoms with Crippen LogP contribution in [0.5, 0.6) is 5.75 Å². The number of benzene rings is 1. The number of hydrogen-bond donors (Lipinski definition) is 1. The summed E-state index contributed by atoms with van der Waals surface area (Å²) in [5.74, 6) is 0.639. The van der Waals surface area contributed by atoms with Gasteiger partial charge in [0.15, 0.2) is 5.82 Å². The Hall–Kier alpha value is -2.44. The van der Waals surface area contributed by atoms with E-state index in [1.165, 1.54) is 0 Å². The summed E-state index contributed by atoms with van der Waals surface area (Å²) in [4.78, 5) is 11.3. The summed E-state index contributed by atoms with van der Waals surface area (Å²) in [6.07, 6.45) is 1.86. The highest BCUT2D eigenvalue weighted by atomic mass is 16.5. The first-order valence-electron chi connectivity index (χ1n) is 6.75. The first kappa shape index (κ1) is 13.5. The molecule has 0 bridgehead atoms. The maximum absolute atomic E-state index is 11.3. The second-order valence-electron chi connectivity index (χ2n) is 5.33. The minimum absolute atomic E-state index is 0.319. The Kier molecular flexibility index (Phi) is 3.32. The summed E-state index contributed by atoms with van der Waals surface area (Å²) < 4.78 is 6.90. The van der Waals surface area contributed by atoms with E-state index in [1.807, 2.05) is 24.3 Å². The minimum Gasteiger partial charge on any atom is -0.496 e. The molecule has 1 aromatic carbocycles. The van der Waals surface area contributed by atoms with Gasteiger partial charge in [-0.3, -0.25) is 4.79 Å². The monoisotopic (exact) mass is 288 g/mol. The molecule has 1 fully saturated rings. The molecule has 0 atom stereocenters. The van der Waals surface area contributed by atoms with Gasteiger partial charge in [0.05, 0.1) is 19.1 Å². The topological polar surface area (TPSA) is 90.1 Å². The average molecular weight is 288 g/mol. The molecule has 0 unspecified atom stereocenters. The van der Waals surface area contributed by atoms with E-state index in [2.05, 4.69) is 15.5 Å². The van der Waals surface area contributed by atoms with Gasteiger partial charge in [-0.25, -0.2) is 4.68 Å². The molecular weight excluding hydrogens is 272 g/mol. The molecule has 7 nitrogen and oxygen atoms in total. The highest BCUT2D eigenvalue weighted by molar-refractivity contribution is 5.77. The highest BCUT2D eigenvalue weighted by Crippen LogP contribution is 2.47. The van der Waals surface area contributed by atoms with Crippen LogP contribution in [-0.4, -0.2) is 38.4 Å². The molecule has 1 N–H and O–H groups in total. The fraction of sp³-hybridized carbons (Fsp3) is 0.429. The number of nitrogens with zero attached hydrogens (tertiary/aromatic N) is 4. The van der Waals surface area contributed by atoms with Crippen LogP contribution in [0.15, 0.2) is 24.3 Å². The first-order valence-corrected chi connectivity index (χ1v) is 6.75. The summed E-state index contributed by atoms with van der Waals surface area (Å²) in [7, 11) is 1.62. The Balaban J connectivity index is 1.81. The quantitative estimate of drug-likeness (QED) is 0.857. The van der Waals surface area contributed by atoms with Crippen LogP contribution in [0.3, 0.4) is 0 Å². The van der Waals surface area contributed by atoms with Crippen LogP contribution in [0.25, 0.3) is 0 Å². The SMILES string of the molecule is COc1ccccc1Cc1nnnn1CC1(C(=O)O)CC1.